The zero-order chi connectivity index (χ0) is 49.2. The molecule has 67 heavy (non-hydrogen) atoms. The van der Waals surface area contributed by atoms with E-state index in [1.165, 1.54) is 25.7 Å². The highest BCUT2D eigenvalue weighted by molar-refractivity contribution is 5.70. The van der Waals surface area contributed by atoms with E-state index in [0.717, 1.165) is 116 Å². The van der Waals surface area contributed by atoms with Gasteiger partial charge in [-0.05, 0) is 96.3 Å². The molecule has 0 aromatic heterocycles. The number of quaternary nitrogens is 1. The number of ether oxygens (including phenoxy) is 4. The molecular formula is C58H95NO8. The van der Waals surface area contributed by atoms with Crippen molar-refractivity contribution in [3.63, 3.8) is 0 Å². The van der Waals surface area contributed by atoms with Crippen LogP contribution in [0.2, 0.25) is 0 Å². The van der Waals surface area contributed by atoms with Gasteiger partial charge in [0.15, 0.2) is 12.4 Å². The number of rotatable bonds is 46. The van der Waals surface area contributed by atoms with E-state index in [2.05, 4.69) is 123 Å². The summed E-state index contributed by atoms with van der Waals surface area (Å²) >= 11 is 0. The van der Waals surface area contributed by atoms with Crippen LogP contribution in [0.25, 0.3) is 0 Å². The number of hydrogen-bond acceptors (Lipinski definition) is 8. The van der Waals surface area contributed by atoms with Crippen LogP contribution in [0.4, 0.5) is 0 Å². The third-order valence-electron chi connectivity index (χ3n) is 10.5. The molecule has 0 saturated carbocycles. The first-order valence-electron chi connectivity index (χ1n) is 26.0. The highest BCUT2D eigenvalue weighted by Gasteiger charge is 2.21. The average Bonchev–Trinajstić information content (AvgIpc) is 3.29. The summed E-state index contributed by atoms with van der Waals surface area (Å²) in [7, 11) is 5.89. The third kappa shape index (κ3) is 49.7. The van der Waals surface area contributed by atoms with Crippen LogP contribution in [0.1, 0.15) is 181 Å². The Bertz CT molecular complexity index is 1460. The van der Waals surface area contributed by atoms with E-state index in [1.54, 1.807) is 0 Å². The first-order valence-corrected chi connectivity index (χ1v) is 26.0. The fraction of sp³-hybridized carbons (Fsp3) is 0.638. The van der Waals surface area contributed by atoms with E-state index < -0.39 is 24.3 Å². The summed E-state index contributed by atoms with van der Waals surface area (Å²) < 4.78 is 22.6. The molecule has 0 amide bonds. The maximum absolute atomic E-state index is 12.8. The van der Waals surface area contributed by atoms with Crippen LogP contribution in [-0.4, -0.2) is 82.3 Å². The van der Waals surface area contributed by atoms with Crippen molar-refractivity contribution >= 4 is 17.9 Å². The van der Waals surface area contributed by atoms with Gasteiger partial charge in [-0.1, -0.05) is 181 Å². The molecule has 0 heterocycles. The summed E-state index contributed by atoms with van der Waals surface area (Å²) in [6.45, 7) is 4.51. The Labute approximate surface area is 409 Å². The van der Waals surface area contributed by atoms with Crippen molar-refractivity contribution in [2.45, 2.75) is 193 Å². The Hall–Kier alpha value is -4.05. The Morgan fingerprint density at radius 2 is 0.851 bits per heavy atom. The van der Waals surface area contributed by atoms with Crippen LogP contribution in [-0.2, 0) is 33.3 Å². The van der Waals surface area contributed by atoms with E-state index in [1.807, 2.05) is 21.1 Å². The highest BCUT2D eigenvalue weighted by Crippen LogP contribution is 2.13. The first kappa shape index (κ1) is 63.0. The molecule has 9 nitrogen and oxygen atoms in total. The Morgan fingerprint density at radius 3 is 1.27 bits per heavy atom. The van der Waals surface area contributed by atoms with Crippen molar-refractivity contribution < 1.29 is 42.9 Å². The molecule has 380 valence electrons. The second kappa shape index (κ2) is 48.4. The predicted octanol–water partition coefficient (Wildman–Crippen LogP) is 13.4. The number of carboxylic acids is 1. The number of likely N-dealkylation sites (N-methyl/N-ethyl adjacent to an activating group) is 1. The van der Waals surface area contributed by atoms with E-state index in [-0.39, 0.29) is 38.6 Å². The quantitative estimate of drug-likeness (QED) is 0.0195. The van der Waals surface area contributed by atoms with Crippen molar-refractivity contribution in [2.24, 2.45) is 0 Å². The van der Waals surface area contributed by atoms with Gasteiger partial charge < -0.3 is 33.3 Å². The summed E-state index contributed by atoms with van der Waals surface area (Å²) in [5.41, 5.74) is 0. The number of carbonyl (C=O) groups is 3. The maximum Gasteiger partial charge on any atom is 0.306 e. The third-order valence-corrected chi connectivity index (χ3v) is 10.5. The molecule has 9 heteroatoms. The zero-order valence-electron chi connectivity index (χ0n) is 43.0. The van der Waals surface area contributed by atoms with Gasteiger partial charge >= 0.3 is 11.9 Å². The van der Waals surface area contributed by atoms with Crippen LogP contribution in [0, 0.1) is 0 Å². The van der Waals surface area contributed by atoms with Crippen molar-refractivity contribution in [2.75, 3.05) is 47.5 Å². The monoisotopic (exact) mass is 934 g/mol. The molecule has 0 N–H and O–H groups in total. The van der Waals surface area contributed by atoms with Gasteiger partial charge in [0.25, 0.3) is 0 Å². The van der Waals surface area contributed by atoms with E-state index >= 15 is 0 Å². The molecule has 2 unspecified atom stereocenters. The summed E-state index contributed by atoms with van der Waals surface area (Å²) in [6, 6.07) is 0. The molecule has 2 atom stereocenters. The van der Waals surface area contributed by atoms with E-state index in [0.29, 0.717) is 23.9 Å². The fourth-order valence-corrected chi connectivity index (χ4v) is 6.49. The lowest BCUT2D eigenvalue weighted by molar-refractivity contribution is -0.870. The van der Waals surface area contributed by atoms with Crippen LogP contribution in [0.3, 0.4) is 0 Å². The summed E-state index contributed by atoms with van der Waals surface area (Å²) in [4.78, 5) is 37.1. The number of unbranched alkanes of at least 4 members (excludes halogenated alkanes) is 13. The molecule has 0 bridgehead atoms. The lowest BCUT2D eigenvalue weighted by atomic mass is 10.1. The number of esters is 2. The topological polar surface area (TPSA) is 111 Å². The molecule has 0 aliphatic carbocycles. The van der Waals surface area contributed by atoms with Gasteiger partial charge in [0.2, 0.25) is 0 Å². The van der Waals surface area contributed by atoms with Gasteiger partial charge in [-0.15, -0.1) is 0 Å². The molecule has 0 radical (unpaired) electrons. The number of carbonyl (C=O) groups excluding carboxylic acids is 3. The van der Waals surface area contributed by atoms with Crippen LogP contribution in [0.5, 0.6) is 0 Å². The normalized spacial score (nSPS) is 13.7. The summed E-state index contributed by atoms with van der Waals surface area (Å²) in [5.74, 6) is -2.33. The minimum Gasteiger partial charge on any atom is -0.545 e. The SMILES string of the molecule is CC/C=C\C/C=C\C/C=C\C/C=C\C/C=C\C/C=C\C/C=C\CCCCCCCCCC(=O)OC(COC(=O)CCCCCCC/C=C\C/C=C\CCC)COC(OCC[N+](C)(C)C)C(=O)[O-]. The molecule has 0 fully saturated rings. The lowest BCUT2D eigenvalue weighted by Gasteiger charge is -2.26. The lowest BCUT2D eigenvalue weighted by Crippen LogP contribution is -2.44. The number of nitrogens with zero attached hydrogens (tertiary/aromatic N) is 1. The van der Waals surface area contributed by atoms with E-state index in [9.17, 15) is 19.5 Å². The van der Waals surface area contributed by atoms with Crippen LogP contribution < -0.4 is 5.11 Å². The zero-order valence-corrected chi connectivity index (χ0v) is 43.0. The highest BCUT2D eigenvalue weighted by atomic mass is 16.7. The summed E-state index contributed by atoms with van der Waals surface area (Å²) in [5, 5.41) is 11.7. The minimum atomic E-state index is -1.63. The minimum absolute atomic E-state index is 0.137. The molecule has 0 aromatic rings. The van der Waals surface area contributed by atoms with Crippen molar-refractivity contribution in [3.8, 4) is 0 Å². The maximum atomic E-state index is 12.8. The Kier molecular flexibility index (Phi) is 45.5. The first-order chi connectivity index (χ1) is 32.6. The van der Waals surface area contributed by atoms with Crippen molar-refractivity contribution in [1.82, 2.24) is 0 Å². The number of aliphatic carboxylic acids is 1. The number of hydrogen-bond donors (Lipinski definition) is 0. The fourth-order valence-electron chi connectivity index (χ4n) is 6.49. The molecule has 0 aliphatic heterocycles. The second-order valence-corrected chi connectivity index (χ2v) is 18.1. The largest absolute Gasteiger partial charge is 0.545 e. The van der Waals surface area contributed by atoms with E-state index in [4.69, 9.17) is 18.9 Å². The smallest absolute Gasteiger partial charge is 0.306 e. The average molecular weight is 934 g/mol. The van der Waals surface area contributed by atoms with Gasteiger partial charge in [0.1, 0.15) is 13.2 Å². The van der Waals surface area contributed by atoms with Crippen molar-refractivity contribution in [1.29, 1.82) is 0 Å². The van der Waals surface area contributed by atoms with Crippen molar-refractivity contribution in [3.05, 3.63) is 109 Å². The van der Waals surface area contributed by atoms with Crippen LogP contribution in [0.15, 0.2) is 109 Å². The predicted molar refractivity (Wildman–Crippen MR) is 278 cm³/mol. The standard InChI is InChI=1S/C58H95NO8/c1-6-8-10-12-14-16-18-20-21-22-23-24-25-26-27-28-29-30-31-32-33-34-35-37-39-41-43-45-47-49-56(61)67-54(53-66-58(57(62)63)64-51-50-59(3,4)5)52-65-55(60)48-46-44-42-40-38-36-19-17-15-13-11-9-7-2/h8,10-11,13-14,16-17,19-21,23-24,26-27,29-30,32-33,54,58H,6-7,9,12,15,18,22,25,28,31,34-53H2,1-5H3/b10-8-,13-11-,16-14-,19-17-,21-20-,24-23-,27-26-,30-29-,33-32-. The van der Waals surface area contributed by atoms with Gasteiger partial charge in [0.05, 0.1) is 40.3 Å². The molecule has 0 aliphatic rings. The molecule has 0 saturated heterocycles. The van der Waals surface area contributed by atoms with Gasteiger partial charge in [0, 0.05) is 12.8 Å². The summed E-state index contributed by atoms with van der Waals surface area (Å²) in [6.07, 6.45) is 62.7. The second-order valence-electron chi connectivity index (χ2n) is 18.1. The van der Waals surface area contributed by atoms with Gasteiger partial charge in [-0.3, -0.25) is 9.59 Å². The number of carboxylic acid groups (broad SMARTS) is 1. The molecule has 0 spiro atoms. The van der Waals surface area contributed by atoms with Crippen LogP contribution >= 0.6 is 0 Å². The van der Waals surface area contributed by atoms with Gasteiger partial charge in [-0.25, -0.2) is 0 Å². The molecule has 0 rings (SSSR count). The Morgan fingerprint density at radius 1 is 0.463 bits per heavy atom. The molecule has 0 aromatic carbocycles. The molecular weight excluding hydrogens is 839 g/mol. The van der Waals surface area contributed by atoms with Gasteiger partial charge in [-0.2, -0.15) is 0 Å². The number of allylic oxidation sites excluding steroid dienone is 18. The Balaban J connectivity index is 4.33.